The van der Waals surface area contributed by atoms with Crippen molar-refractivity contribution in [2.24, 2.45) is 4.99 Å². The first kappa shape index (κ1) is 17.1. The molecule has 0 unspecified atom stereocenters. The third kappa shape index (κ3) is 4.21. The van der Waals surface area contributed by atoms with Gasteiger partial charge < -0.3 is 20.0 Å². The van der Waals surface area contributed by atoms with Crippen LogP contribution in [0.5, 0.6) is 0 Å². The first-order chi connectivity index (χ1) is 12.2. The minimum atomic E-state index is -0.268. The highest BCUT2D eigenvalue weighted by Crippen LogP contribution is 2.09. The molecule has 2 heterocycles. The van der Waals surface area contributed by atoms with Gasteiger partial charge in [-0.1, -0.05) is 24.3 Å². The van der Waals surface area contributed by atoms with Crippen molar-refractivity contribution in [2.75, 3.05) is 33.7 Å². The Bertz CT molecular complexity index is 753. The number of carbonyl (C=O) groups is 1. The standard InChI is InChI=1S/C17H22N6O2/c1-18-11-14-21-22-16(25-14)17(24)23(2)10-7-12-3-5-13(6-4-12)15-19-8-9-20-15/h3-6,18H,7-11H2,1-2H3,(H,19,20). The summed E-state index contributed by atoms with van der Waals surface area (Å²) >= 11 is 0. The molecule has 1 aromatic heterocycles. The SMILES string of the molecule is CNCc1nnc(C(=O)N(C)CCc2ccc(C3=NCCN3)cc2)o1. The lowest BCUT2D eigenvalue weighted by molar-refractivity contribution is 0.0755. The Morgan fingerprint density at radius 1 is 1.32 bits per heavy atom. The Hall–Kier alpha value is -2.74. The van der Waals surface area contributed by atoms with E-state index in [4.69, 9.17) is 4.42 Å². The first-order valence-corrected chi connectivity index (χ1v) is 8.27. The largest absolute Gasteiger partial charge is 0.415 e. The second kappa shape index (κ2) is 7.89. The molecular weight excluding hydrogens is 320 g/mol. The smallest absolute Gasteiger partial charge is 0.311 e. The highest BCUT2D eigenvalue weighted by Gasteiger charge is 2.18. The minimum absolute atomic E-state index is 0.0217. The molecule has 2 N–H and O–H groups in total. The highest BCUT2D eigenvalue weighted by atomic mass is 16.4. The van der Waals surface area contributed by atoms with Gasteiger partial charge in [-0.2, -0.15) is 0 Å². The number of likely N-dealkylation sites (N-methyl/N-ethyl adjacent to an activating group) is 1. The van der Waals surface area contributed by atoms with E-state index in [1.807, 2.05) is 0 Å². The van der Waals surface area contributed by atoms with Crippen LogP contribution in [-0.4, -0.2) is 60.6 Å². The van der Waals surface area contributed by atoms with Crippen LogP contribution in [0.2, 0.25) is 0 Å². The summed E-state index contributed by atoms with van der Waals surface area (Å²) in [7, 11) is 3.51. The summed E-state index contributed by atoms with van der Waals surface area (Å²) in [6.07, 6.45) is 0.750. The molecule has 0 radical (unpaired) electrons. The van der Waals surface area contributed by atoms with Crippen LogP contribution in [0.25, 0.3) is 0 Å². The van der Waals surface area contributed by atoms with Gasteiger partial charge in [0.05, 0.1) is 13.1 Å². The van der Waals surface area contributed by atoms with Gasteiger partial charge >= 0.3 is 11.8 Å². The summed E-state index contributed by atoms with van der Waals surface area (Å²) in [6.45, 7) is 2.74. The fraction of sp³-hybridized carbons (Fsp3) is 0.412. The minimum Gasteiger partial charge on any atom is -0.415 e. The predicted octanol–water partition coefficient (Wildman–Crippen LogP) is 0.454. The Morgan fingerprint density at radius 2 is 2.12 bits per heavy atom. The molecule has 0 bridgehead atoms. The fourth-order valence-electron chi connectivity index (χ4n) is 2.54. The quantitative estimate of drug-likeness (QED) is 0.759. The Balaban J connectivity index is 1.54. The highest BCUT2D eigenvalue weighted by molar-refractivity contribution is 5.99. The second-order valence-electron chi connectivity index (χ2n) is 5.86. The molecule has 1 amide bonds. The topological polar surface area (TPSA) is 95.7 Å². The van der Waals surface area contributed by atoms with Crippen molar-refractivity contribution >= 4 is 11.7 Å². The van der Waals surface area contributed by atoms with Gasteiger partial charge in [0, 0.05) is 25.7 Å². The Kier molecular flexibility index (Phi) is 5.39. The molecule has 0 spiro atoms. The van der Waals surface area contributed by atoms with E-state index < -0.39 is 0 Å². The van der Waals surface area contributed by atoms with E-state index >= 15 is 0 Å². The lowest BCUT2D eigenvalue weighted by atomic mass is 10.1. The van der Waals surface area contributed by atoms with Crippen LogP contribution in [0.3, 0.4) is 0 Å². The summed E-state index contributed by atoms with van der Waals surface area (Å²) < 4.78 is 5.34. The maximum Gasteiger partial charge on any atom is 0.311 e. The molecule has 8 heteroatoms. The zero-order chi connectivity index (χ0) is 17.6. The fourth-order valence-corrected chi connectivity index (χ4v) is 2.54. The number of nitrogens with one attached hydrogen (secondary N) is 2. The third-order valence-corrected chi connectivity index (χ3v) is 3.96. The molecule has 8 nitrogen and oxygen atoms in total. The predicted molar refractivity (Wildman–Crippen MR) is 93.6 cm³/mol. The van der Waals surface area contributed by atoms with Crippen molar-refractivity contribution in [1.29, 1.82) is 0 Å². The van der Waals surface area contributed by atoms with Crippen molar-refractivity contribution in [1.82, 2.24) is 25.7 Å². The van der Waals surface area contributed by atoms with Crippen LogP contribution in [0.15, 0.2) is 33.7 Å². The van der Waals surface area contributed by atoms with E-state index in [0.29, 0.717) is 19.0 Å². The van der Waals surface area contributed by atoms with E-state index in [-0.39, 0.29) is 11.8 Å². The molecule has 0 atom stereocenters. The second-order valence-corrected chi connectivity index (χ2v) is 5.86. The summed E-state index contributed by atoms with van der Waals surface area (Å²) in [6, 6.07) is 8.23. The zero-order valence-corrected chi connectivity index (χ0v) is 14.5. The number of hydrogen-bond acceptors (Lipinski definition) is 7. The molecular formula is C17H22N6O2. The van der Waals surface area contributed by atoms with Crippen LogP contribution >= 0.6 is 0 Å². The molecule has 1 aliphatic rings. The molecule has 0 fully saturated rings. The number of aromatic nitrogens is 2. The van der Waals surface area contributed by atoms with Gasteiger partial charge in [0.25, 0.3) is 0 Å². The average Bonchev–Trinajstić information content (AvgIpc) is 3.32. The molecule has 25 heavy (non-hydrogen) atoms. The van der Waals surface area contributed by atoms with Crippen LogP contribution in [0, 0.1) is 0 Å². The summed E-state index contributed by atoms with van der Waals surface area (Å²) in [5.74, 6) is 1.11. The molecule has 3 rings (SSSR count). The van der Waals surface area contributed by atoms with E-state index in [0.717, 1.165) is 36.5 Å². The Labute approximate surface area is 146 Å². The van der Waals surface area contributed by atoms with Gasteiger partial charge in [0.1, 0.15) is 5.84 Å². The number of benzene rings is 1. The maximum atomic E-state index is 12.3. The van der Waals surface area contributed by atoms with E-state index in [9.17, 15) is 4.79 Å². The molecule has 1 aliphatic heterocycles. The van der Waals surface area contributed by atoms with Crippen LogP contribution in [0.4, 0.5) is 0 Å². The van der Waals surface area contributed by atoms with Crippen molar-refractivity contribution in [2.45, 2.75) is 13.0 Å². The Morgan fingerprint density at radius 3 is 2.80 bits per heavy atom. The third-order valence-electron chi connectivity index (χ3n) is 3.96. The van der Waals surface area contributed by atoms with Gasteiger partial charge in [-0.3, -0.25) is 9.79 Å². The number of hydrogen-bond donors (Lipinski definition) is 2. The van der Waals surface area contributed by atoms with Gasteiger partial charge in [-0.05, 0) is 19.0 Å². The monoisotopic (exact) mass is 342 g/mol. The maximum absolute atomic E-state index is 12.3. The summed E-state index contributed by atoms with van der Waals surface area (Å²) in [5, 5.41) is 13.8. The van der Waals surface area contributed by atoms with Gasteiger partial charge in [-0.15, -0.1) is 10.2 Å². The lowest BCUT2D eigenvalue weighted by Gasteiger charge is -2.15. The van der Waals surface area contributed by atoms with Gasteiger partial charge in [0.2, 0.25) is 5.89 Å². The molecule has 0 aliphatic carbocycles. The van der Waals surface area contributed by atoms with E-state index in [1.54, 1.807) is 19.0 Å². The van der Waals surface area contributed by atoms with Crippen molar-refractivity contribution in [3.63, 3.8) is 0 Å². The summed E-state index contributed by atoms with van der Waals surface area (Å²) in [5.41, 5.74) is 2.25. The van der Waals surface area contributed by atoms with E-state index in [1.165, 1.54) is 0 Å². The van der Waals surface area contributed by atoms with Gasteiger partial charge in [0.15, 0.2) is 0 Å². The number of aliphatic imine (C=N–C) groups is 1. The molecule has 0 saturated heterocycles. The zero-order valence-electron chi connectivity index (χ0n) is 14.5. The van der Waals surface area contributed by atoms with Crippen molar-refractivity contribution < 1.29 is 9.21 Å². The first-order valence-electron chi connectivity index (χ1n) is 8.27. The molecule has 2 aromatic rings. The molecule has 132 valence electrons. The van der Waals surface area contributed by atoms with Crippen LogP contribution < -0.4 is 10.6 Å². The summed E-state index contributed by atoms with van der Waals surface area (Å²) in [4.78, 5) is 18.3. The van der Waals surface area contributed by atoms with Crippen LogP contribution in [-0.2, 0) is 13.0 Å². The molecule has 1 aromatic carbocycles. The van der Waals surface area contributed by atoms with Crippen molar-refractivity contribution in [3.8, 4) is 0 Å². The van der Waals surface area contributed by atoms with E-state index in [2.05, 4.69) is 50.1 Å². The van der Waals surface area contributed by atoms with Gasteiger partial charge in [-0.25, -0.2) is 0 Å². The number of amidine groups is 1. The van der Waals surface area contributed by atoms with Crippen molar-refractivity contribution in [3.05, 3.63) is 47.2 Å². The average molecular weight is 342 g/mol. The van der Waals surface area contributed by atoms with Crippen LogP contribution in [0.1, 0.15) is 27.7 Å². The number of carbonyl (C=O) groups excluding carboxylic acids is 1. The number of rotatable bonds is 7. The number of amides is 1. The lowest BCUT2D eigenvalue weighted by Crippen LogP contribution is -2.29. The number of nitrogens with zero attached hydrogens (tertiary/aromatic N) is 4. The molecule has 0 saturated carbocycles. The normalized spacial score (nSPS) is 13.4.